The van der Waals surface area contributed by atoms with E-state index in [4.69, 9.17) is 4.74 Å². The van der Waals surface area contributed by atoms with Gasteiger partial charge in [0.05, 0.1) is 0 Å². The lowest BCUT2D eigenvalue weighted by Gasteiger charge is -2.23. The van der Waals surface area contributed by atoms with Crippen LogP contribution in [0.5, 0.6) is 0 Å². The monoisotopic (exact) mass is 314 g/mol. The summed E-state index contributed by atoms with van der Waals surface area (Å²) < 4.78 is 47.5. The first-order valence-electron chi connectivity index (χ1n) is 6.27. The number of hydrogen-bond acceptors (Lipinski definition) is 4. The normalized spacial score (nSPS) is 13.5. The van der Waals surface area contributed by atoms with Gasteiger partial charge in [0.15, 0.2) is 0 Å². The molecule has 9 heteroatoms. The third kappa shape index (κ3) is 9.94. The zero-order chi connectivity index (χ0) is 16.7. The van der Waals surface area contributed by atoms with Gasteiger partial charge in [-0.15, -0.1) is 0 Å². The van der Waals surface area contributed by atoms with Crippen LogP contribution in [0.25, 0.3) is 0 Å². The van der Waals surface area contributed by atoms with Crippen molar-refractivity contribution in [2.75, 3.05) is 20.3 Å². The third-order valence-corrected chi connectivity index (χ3v) is 2.11. The minimum Gasteiger partial charge on any atom is -0.444 e. The molecule has 0 saturated carbocycles. The second-order valence-electron chi connectivity index (χ2n) is 5.31. The van der Waals surface area contributed by atoms with Crippen molar-refractivity contribution in [2.24, 2.45) is 0 Å². The topological polar surface area (TPSA) is 76.7 Å². The number of amides is 2. The summed E-state index contributed by atoms with van der Waals surface area (Å²) in [5.41, 5.74) is -0.736. The van der Waals surface area contributed by atoms with Gasteiger partial charge in [-0.3, -0.25) is 4.79 Å². The molecule has 6 nitrogen and oxygen atoms in total. The van der Waals surface area contributed by atoms with Crippen LogP contribution in [0.15, 0.2) is 0 Å². The molecule has 0 heterocycles. The quantitative estimate of drug-likeness (QED) is 0.780. The molecular formula is C12H21F3N2O4. The molecule has 0 spiro atoms. The molecule has 1 atom stereocenters. The lowest BCUT2D eigenvalue weighted by atomic mass is 10.2. The Morgan fingerprint density at radius 3 is 2.19 bits per heavy atom. The van der Waals surface area contributed by atoms with Crippen LogP contribution in [0.3, 0.4) is 0 Å². The minimum atomic E-state index is -4.61. The number of hydrogen-bond donors (Lipinski definition) is 2. The third-order valence-electron chi connectivity index (χ3n) is 2.11. The number of carbonyl (C=O) groups is 2. The van der Waals surface area contributed by atoms with Crippen molar-refractivity contribution in [1.82, 2.24) is 10.6 Å². The van der Waals surface area contributed by atoms with Gasteiger partial charge in [-0.05, 0) is 27.2 Å². The highest BCUT2D eigenvalue weighted by Gasteiger charge is 2.40. The molecule has 0 aromatic rings. The second-order valence-corrected chi connectivity index (χ2v) is 5.31. The van der Waals surface area contributed by atoms with Gasteiger partial charge < -0.3 is 20.1 Å². The molecule has 0 radical (unpaired) electrons. The molecule has 0 aliphatic rings. The van der Waals surface area contributed by atoms with E-state index >= 15 is 0 Å². The summed E-state index contributed by atoms with van der Waals surface area (Å²) in [7, 11) is 1.20. The van der Waals surface area contributed by atoms with Crippen LogP contribution in [0.2, 0.25) is 0 Å². The number of nitrogens with one attached hydrogen (secondary N) is 2. The van der Waals surface area contributed by atoms with Crippen molar-refractivity contribution in [3.05, 3.63) is 0 Å². The molecule has 0 aromatic carbocycles. The van der Waals surface area contributed by atoms with E-state index in [1.807, 2.05) is 0 Å². The summed E-state index contributed by atoms with van der Waals surface area (Å²) in [5.74, 6) is -0.878. The fourth-order valence-corrected chi connectivity index (χ4v) is 1.32. The molecule has 124 valence electrons. The molecule has 0 saturated heterocycles. The van der Waals surface area contributed by atoms with Gasteiger partial charge in [-0.1, -0.05) is 0 Å². The SMILES string of the molecule is COCC(=O)N[C@@H](CCNC(=O)OC(C)(C)C)C(F)(F)F. The summed E-state index contributed by atoms with van der Waals surface area (Å²) >= 11 is 0. The van der Waals surface area contributed by atoms with E-state index < -0.39 is 42.8 Å². The maximum atomic E-state index is 12.7. The highest BCUT2D eigenvalue weighted by atomic mass is 19.4. The summed E-state index contributed by atoms with van der Waals surface area (Å²) in [4.78, 5) is 22.4. The lowest BCUT2D eigenvalue weighted by Crippen LogP contribution is -2.48. The maximum Gasteiger partial charge on any atom is 0.408 e. The highest BCUT2D eigenvalue weighted by molar-refractivity contribution is 5.77. The molecule has 0 unspecified atom stereocenters. The molecule has 21 heavy (non-hydrogen) atoms. The number of methoxy groups -OCH3 is 1. The zero-order valence-corrected chi connectivity index (χ0v) is 12.5. The van der Waals surface area contributed by atoms with Crippen molar-refractivity contribution in [1.29, 1.82) is 0 Å². The van der Waals surface area contributed by atoms with E-state index in [1.165, 1.54) is 7.11 Å². The van der Waals surface area contributed by atoms with E-state index in [0.29, 0.717) is 0 Å². The Hall–Kier alpha value is -1.51. The van der Waals surface area contributed by atoms with Gasteiger partial charge in [0.1, 0.15) is 18.2 Å². The molecular weight excluding hydrogens is 293 g/mol. The Kier molecular flexibility index (Phi) is 7.48. The summed E-state index contributed by atoms with van der Waals surface area (Å²) in [6.45, 7) is 4.15. The van der Waals surface area contributed by atoms with E-state index in [9.17, 15) is 22.8 Å². The minimum absolute atomic E-state index is 0.285. The number of ether oxygens (including phenoxy) is 2. The largest absolute Gasteiger partial charge is 0.444 e. The molecule has 0 aliphatic carbocycles. The van der Waals surface area contributed by atoms with Gasteiger partial charge in [-0.2, -0.15) is 13.2 Å². The highest BCUT2D eigenvalue weighted by Crippen LogP contribution is 2.22. The first-order valence-corrected chi connectivity index (χ1v) is 6.27. The fourth-order valence-electron chi connectivity index (χ4n) is 1.32. The van der Waals surface area contributed by atoms with Crippen LogP contribution in [-0.2, 0) is 14.3 Å². The number of alkyl halides is 3. The molecule has 0 fully saturated rings. The Morgan fingerprint density at radius 2 is 1.76 bits per heavy atom. The molecule has 2 N–H and O–H groups in total. The smallest absolute Gasteiger partial charge is 0.408 e. The predicted octanol–water partition coefficient (Wildman–Crippen LogP) is 1.59. The van der Waals surface area contributed by atoms with Crippen LogP contribution in [0.4, 0.5) is 18.0 Å². The molecule has 0 aromatic heterocycles. The van der Waals surface area contributed by atoms with Crippen LogP contribution < -0.4 is 10.6 Å². The summed E-state index contributed by atoms with van der Waals surface area (Å²) in [6, 6.07) is -2.06. The standard InChI is InChI=1S/C12H21F3N2O4/c1-11(2,3)21-10(19)16-6-5-8(12(13,14)15)17-9(18)7-20-4/h8H,5-7H2,1-4H3,(H,16,19)(H,17,18)/t8-/m0/s1. The van der Waals surface area contributed by atoms with Crippen molar-refractivity contribution >= 4 is 12.0 Å². The van der Waals surface area contributed by atoms with Gasteiger partial charge >= 0.3 is 12.3 Å². The maximum absolute atomic E-state index is 12.7. The van der Waals surface area contributed by atoms with Crippen LogP contribution >= 0.6 is 0 Å². The van der Waals surface area contributed by atoms with Crippen molar-refractivity contribution in [3.63, 3.8) is 0 Å². The fraction of sp³-hybridized carbons (Fsp3) is 0.833. The molecule has 2 amide bonds. The Bertz CT molecular complexity index is 353. The number of alkyl carbamates (subject to hydrolysis) is 1. The number of rotatable bonds is 6. The van der Waals surface area contributed by atoms with Gasteiger partial charge in [0.25, 0.3) is 0 Å². The van der Waals surface area contributed by atoms with Crippen molar-refractivity contribution < 1.29 is 32.2 Å². The average molecular weight is 314 g/mol. The zero-order valence-electron chi connectivity index (χ0n) is 12.5. The molecule has 0 bridgehead atoms. The lowest BCUT2D eigenvalue weighted by molar-refractivity contribution is -0.163. The molecule has 0 rings (SSSR count). The van der Waals surface area contributed by atoms with Crippen molar-refractivity contribution in [3.8, 4) is 0 Å². The first kappa shape index (κ1) is 19.5. The van der Waals surface area contributed by atoms with Crippen LogP contribution in [0.1, 0.15) is 27.2 Å². The van der Waals surface area contributed by atoms with E-state index in [1.54, 1.807) is 26.1 Å². The number of halogens is 3. The Balaban J connectivity index is 4.32. The molecule has 0 aliphatic heterocycles. The van der Waals surface area contributed by atoms with Gasteiger partial charge in [0, 0.05) is 13.7 Å². The second kappa shape index (κ2) is 8.06. The van der Waals surface area contributed by atoms with E-state index in [-0.39, 0.29) is 6.54 Å². The predicted molar refractivity (Wildman–Crippen MR) is 68.7 cm³/mol. The average Bonchev–Trinajstić information content (AvgIpc) is 2.24. The van der Waals surface area contributed by atoms with Crippen LogP contribution in [-0.4, -0.2) is 50.1 Å². The van der Waals surface area contributed by atoms with Crippen molar-refractivity contribution in [2.45, 2.75) is 45.0 Å². The van der Waals surface area contributed by atoms with E-state index in [0.717, 1.165) is 0 Å². The van der Waals surface area contributed by atoms with Gasteiger partial charge in [0.2, 0.25) is 5.91 Å². The van der Waals surface area contributed by atoms with Gasteiger partial charge in [-0.25, -0.2) is 4.79 Å². The Morgan fingerprint density at radius 1 is 1.19 bits per heavy atom. The van der Waals surface area contributed by atoms with Crippen LogP contribution in [0, 0.1) is 0 Å². The Labute approximate surface area is 121 Å². The summed E-state index contributed by atoms with van der Waals surface area (Å²) in [6.07, 6.45) is -5.93. The first-order chi connectivity index (χ1) is 9.45. The van der Waals surface area contributed by atoms with E-state index in [2.05, 4.69) is 10.1 Å². The summed E-state index contributed by atoms with van der Waals surface area (Å²) in [5, 5.41) is 4.00. The number of carbonyl (C=O) groups excluding carboxylic acids is 2.